The molecule has 0 N–H and O–H groups in total. The van der Waals surface area contributed by atoms with Crippen LogP contribution in [0.15, 0.2) is 158 Å². The van der Waals surface area contributed by atoms with Gasteiger partial charge in [-0.1, -0.05) is 152 Å². The van der Waals surface area contributed by atoms with Crippen LogP contribution in [0.3, 0.4) is 0 Å². The standard InChI is InChI=1S/C40H26/c1-2-12-27(13-3-1)30-24-25-37-38(26-30)40(34-23-11-17-29-15-5-7-19-32(29)34)36-21-9-8-20-35(36)39(37)33-22-10-16-28-14-4-6-18-31(28)33/h1-26H. The van der Waals surface area contributed by atoms with E-state index in [-0.39, 0.29) is 0 Å². The normalized spacial score (nSPS) is 11.5. The summed E-state index contributed by atoms with van der Waals surface area (Å²) in [7, 11) is 0. The van der Waals surface area contributed by atoms with Gasteiger partial charge in [0.2, 0.25) is 0 Å². The molecule has 0 heteroatoms. The number of fused-ring (bicyclic) bond motifs is 4. The highest BCUT2D eigenvalue weighted by molar-refractivity contribution is 6.25. The summed E-state index contributed by atoms with van der Waals surface area (Å²) in [4.78, 5) is 0. The Hall–Kier alpha value is -5.20. The Kier molecular flexibility index (Phi) is 5.24. The summed E-state index contributed by atoms with van der Waals surface area (Å²) in [5.74, 6) is 0. The van der Waals surface area contributed by atoms with E-state index in [2.05, 4.69) is 158 Å². The van der Waals surface area contributed by atoms with Gasteiger partial charge in [-0.25, -0.2) is 0 Å². The van der Waals surface area contributed by atoms with Crippen LogP contribution in [-0.2, 0) is 0 Å². The molecule has 8 rings (SSSR count). The highest BCUT2D eigenvalue weighted by Crippen LogP contribution is 2.47. The first-order valence-corrected chi connectivity index (χ1v) is 13.9. The van der Waals surface area contributed by atoms with E-state index in [4.69, 9.17) is 0 Å². The van der Waals surface area contributed by atoms with E-state index >= 15 is 0 Å². The van der Waals surface area contributed by atoms with Gasteiger partial charge in [0.15, 0.2) is 0 Å². The van der Waals surface area contributed by atoms with Gasteiger partial charge in [0.25, 0.3) is 0 Å². The topological polar surface area (TPSA) is 0 Å². The monoisotopic (exact) mass is 506 g/mol. The third-order valence-electron chi connectivity index (χ3n) is 8.25. The van der Waals surface area contributed by atoms with Gasteiger partial charge in [0, 0.05) is 0 Å². The Morgan fingerprint density at radius 3 is 1.30 bits per heavy atom. The van der Waals surface area contributed by atoms with Gasteiger partial charge in [-0.3, -0.25) is 0 Å². The Morgan fingerprint density at radius 2 is 0.700 bits per heavy atom. The van der Waals surface area contributed by atoms with Gasteiger partial charge < -0.3 is 0 Å². The number of benzene rings is 8. The zero-order valence-corrected chi connectivity index (χ0v) is 22.0. The lowest BCUT2D eigenvalue weighted by molar-refractivity contribution is 1.64. The summed E-state index contributed by atoms with van der Waals surface area (Å²) in [6.07, 6.45) is 0. The van der Waals surface area contributed by atoms with Crippen molar-refractivity contribution in [3.8, 4) is 33.4 Å². The molecule has 8 aromatic rings. The van der Waals surface area contributed by atoms with E-state index in [1.54, 1.807) is 0 Å². The predicted octanol–water partition coefficient (Wildman–Crippen LogP) is 11.3. The van der Waals surface area contributed by atoms with E-state index in [0.29, 0.717) is 0 Å². The molecular formula is C40H26. The van der Waals surface area contributed by atoms with Crippen LogP contribution >= 0.6 is 0 Å². The molecule has 186 valence electrons. The average Bonchev–Trinajstić information content (AvgIpc) is 3.03. The molecule has 0 atom stereocenters. The largest absolute Gasteiger partial charge is 0.0622 e. The molecule has 8 aromatic carbocycles. The summed E-state index contributed by atoms with van der Waals surface area (Å²) in [5, 5.41) is 10.2. The molecule has 0 saturated carbocycles. The molecule has 0 nitrogen and oxygen atoms in total. The minimum absolute atomic E-state index is 1.23. The van der Waals surface area contributed by atoms with Crippen molar-refractivity contribution in [2.75, 3.05) is 0 Å². The summed E-state index contributed by atoms with van der Waals surface area (Å²) in [6, 6.07) is 57.5. The lowest BCUT2D eigenvalue weighted by atomic mass is 9.83. The van der Waals surface area contributed by atoms with Gasteiger partial charge in [-0.15, -0.1) is 0 Å². The Labute approximate surface area is 233 Å². The first-order valence-electron chi connectivity index (χ1n) is 13.9. The molecule has 0 unspecified atom stereocenters. The van der Waals surface area contributed by atoms with Crippen molar-refractivity contribution >= 4 is 43.1 Å². The second-order valence-electron chi connectivity index (χ2n) is 10.5. The fourth-order valence-corrected chi connectivity index (χ4v) is 6.46. The van der Waals surface area contributed by atoms with Gasteiger partial charge >= 0.3 is 0 Å². The van der Waals surface area contributed by atoms with E-state index in [1.807, 2.05) is 0 Å². The molecule has 0 spiro atoms. The Bertz CT molecular complexity index is 2190. The van der Waals surface area contributed by atoms with Gasteiger partial charge in [0.1, 0.15) is 0 Å². The maximum absolute atomic E-state index is 2.41. The summed E-state index contributed by atoms with van der Waals surface area (Å²) < 4.78 is 0. The Morgan fingerprint density at radius 1 is 0.250 bits per heavy atom. The molecule has 40 heavy (non-hydrogen) atoms. The van der Waals surface area contributed by atoms with E-state index < -0.39 is 0 Å². The van der Waals surface area contributed by atoms with Crippen LogP contribution in [0.25, 0.3) is 76.5 Å². The molecule has 0 heterocycles. The maximum Gasteiger partial charge on any atom is -0.00199 e. The van der Waals surface area contributed by atoms with Gasteiger partial charge in [0.05, 0.1) is 0 Å². The van der Waals surface area contributed by atoms with Gasteiger partial charge in [-0.2, -0.15) is 0 Å². The molecule has 0 amide bonds. The first kappa shape index (κ1) is 22.8. The minimum atomic E-state index is 1.23. The highest BCUT2D eigenvalue weighted by Gasteiger charge is 2.19. The molecule has 0 aromatic heterocycles. The third kappa shape index (κ3) is 3.54. The first-order chi connectivity index (χ1) is 19.9. The van der Waals surface area contributed by atoms with E-state index in [1.165, 1.54) is 76.5 Å². The molecule has 0 radical (unpaired) electrons. The van der Waals surface area contributed by atoms with Crippen molar-refractivity contribution in [2.45, 2.75) is 0 Å². The minimum Gasteiger partial charge on any atom is -0.0622 e. The summed E-state index contributed by atoms with van der Waals surface area (Å²) in [5.41, 5.74) is 7.60. The molecule has 0 aliphatic heterocycles. The van der Waals surface area contributed by atoms with Crippen LogP contribution in [0.1, 0.15) is 0 Å². The number of hydrogen-bond acceptors (Lipinski definition) is 0. The maximum atomic E-state index is 2.41. The van der Waals surface area contributed by atoms with E-state index in [9.17, 15) is 0 Å². The van der Waals surface area contributed by atoms with Crippen LogP contribution in [0.5, 0.6) is 0 Å². The zero-order valence-electron chi connectivity index (χ0n) is 22.0. The lowest BCUT2D eigenvalue weighted by Gasteiger charge is -2.20. The smallest absolute Gasteiger partial charge is 0.00199 e. The summed E-state index contributed by atoms with van der Waals surface area (Å²) >= 11 is 0. The van der Waals surface area contributed by atoms with Crippen LogP contribution in [0.4, 0.5) is 0 Å². The highest BCUT2D eigenvalue weighted by atomic mass is 14.2. The molecule has 0 aliphatic carbocycles. The average molecular weight is 507 g/mol. The predicted molar refractivity (Wildman–Crippen MR) is 173 cm³/mol. The van der Waals surface area contributed by atoms with Crippen molar-refractivity contribution in [3.63, 3.8) is 0 Å². The fraction of sp³-hybridized carbons (Fsp3) is 0. The second kappa shape index (κ2) is 9.22. The van der Waals surface area contributed by atoms with Crippen molar-refractivity contribution in [1.29, 1.82) is 0 Å². The second-order valence-corrected chi connectivity index (χ2v) is 10.5. The van der Waals surface area contributed by atoms with Crippen LogP contribution in [0.2, 0.25) is 0 Å². The Balaban J connectivity index is 1.59. The van der Waals surface area contributed by atoms with Crippen LogP contribution in [0, 0.1) is 0 Å². The lowest BCUT2D eigenvalue weighted by Crippen LogP contribution is -1.93. The molecule has 0 saturated heterocycles. The number of rotatable bonds is 3. The fourth-order valence-electron chi connectivity index (χ4n) is 6.46. The third-order valence-corrected chi connectivity index (χ3v) is 8.25. The van der Waals surface area contributed by atoms with Crippen molar-refractivity contribution in [1.82, 2.24) is 0 Å². The van der Waals surface area contributed by atoms with Crippen LogP contribution in [-0.4, -0.2) is 0 Å². The molecular weight excluding hydrogens is 480 g/mol. The molecule has 0 aliphatic rings. The van der Waals surface area contributed by atoms with E-state index in [0.717, 1.165) is 0 Å². The zero-order chi connectivity index (χ0) is 26.5. The van der Waals surface area contributed by atoms with Crippen LogP contribution < -0.4 is 0 Å². The molecule has 0 bridgehead atoms. The number of hydrogen-bond donors (Lipinski definition) is 0. The van der Waals surface area contributed by atoms with Crippen molar-refractivity contribution in [2.24, 2.45) is 0 Å². The van der Waals surface area contributed by atoms with Crippen molar-refractivity contribution < 1.29 is 0 Å². The SMILES string of the molecule is c1ccc(-c2ccc3c(-c4cccc5ccccc45)c4ccccc4c(-c4cccc5ccccc45)c3c2)cc1. The van der Waals surface area contributed by atoms with Crippen molar-refractivity contribution in [3.05, 3.63) is 158 Å². The molecule has 0 fully saturated rings. The van der Waals surface area contributed by atoms with Gasteiger partial charge in [-0.05, 0) is 82.5 Å². The summed E-state index contributed by atoms with van der Waals surface area (Å²) in [6.45, 7) is 0. The quantitative estimate of drug-likeness (QED) is 0.209.